The van der Waals surface area contributed by atoms with E-state index < -0.39 is 5.60 Å². The van der Waals surface area contributed by atoms with Gasteiger partial charge in [0, 0.05) is 6.54 Å². The molecule has 5 N–H and O–H groups in total. The van der Waals surface area contributed by atoms with Crippen molar-refractivity contribution in [2.45, 2.75) is 58.1 Å². The summed E-state index contributed by atoms with van der Waals surface area (Å²) >= 11 is 0. The molecule has 0 aromatic heterocycles. The summed E-state index contributed by atoms with van der Waals surface area (Å²) < 4.78 is 0. The van der Waals surface area contributed by atoms with E-state index in [1.165, 1.54) is 0 Å². The average molecular weight is 243 g/mol. The minimum Gasteiger partial charge on any atom is -0.409 e. The fraction of sp³-hybridized carbons (Fsp3) is 0.917. The number of aliphatic hydroxyl groups is 1. The van der Waals surface area contributed by atoms with Crippen molar-refractivity contribution in [3.8, 4) is 0 Å². The Kier molecular flexibility index (Phi) is 4.38. The van der Waals surface area contributed by atoms with Crippen molar-refractivity contribution in [1.29, 1.82) is 0 Å². The molecule has 0 aromatic carbocycles. The van der Waals surface area contributed by atoms with Gasteiger partial charge in [-0.3, -0.25) is 0 Å². The third-order valence-corrected chi connectivity index (χ3v) is 3.83. The number of nitrogens with zero attached hydrogens (tertiary/aromatic N) is 1. The Hall–Kier alpha value is -0.810. The van der Waals surface area contributed by atoms with E-state index in [1.807, 2.05) is 6.92 Å². The molecule has 5 heteroatoms. The zero-order valence-corrected chi connectivity index (χ0v) is 11.0. The van der Waals surface area contributed by atoms with E-state index in [4.69, 9.17) is 10.9 Å². The Bertz CT molecular complexity index is 279. The lowest BCUT2D eigenvalue weighted by atomic mass is 9.71. The molecule has 1 saturated carbocycles. The first-order valence-electron chi connectivity index (χ1n) is 6.21. The van der Waals surface area contributed by atoms with Crippen LogP contribution in [0.1, 0.15) is 46.5 Å². The van der Waals surface area contributed by atoms with E-state index in [0.29, 0.717) is 12.0 Å². The SMILES string of the molecule is CC(NCC1(O)CCC(C)(C)CC1)C(N)=NO. The molecular formula is C12H25N3O2. The minimum atomic E-state index is -0.653. The highest BCUT2D eigenvalue weighted by Gasteiger charge is 2.36. The van der Waals surface area contributed by atoms with Crippen LogP contribution in [0.15, 0.2) is 5.16 Å². The maximum Gasteiger partial charge on any atom is 0.156 e. The maximum absolute atomic E-state index is 10.4. The van der Waals surface area contributed by atoms with Gasteiger partial charge >= 0.3 is 0 Å². The van der Waals surface area contributed by atoms with Crippen LogP contribution in [0.25, 0.3) is 0 Å². The Balaban J connectivity index is 2.42. The molecule has 0 heterocycles. The topological polar surface area (TPSA) is 90.9 Å². The summed E-state index contributed by atoms with van der Waals surface area (Å²) in [5.41, 5.74) is 5.16. The van der Waals surface area contributed by atoms with E-state index in [2.05, 4.69) is 24.3 Å². The molecule has 0 aliphatic heterocycles. The van der Waals surface area contributed by atoms with Gasteiger partial charge in [-0.15, -0.1) is 0 Å². The second kappa shape index (κ2) is 5.23. The molecule has 1 aliphatic carbocycles. The summed E-state index contributed by atoms with van der Waals surface area (Å²) in [6.45, 7) is 6.77. The second-order valence-electron chi connectivity index (χ2n) is 6.02. The molecular weight excluding hydrogens is 218 g/mol. The van der Waals surface area contributed by atoms with Crippen molar-refractivity contribution in [2.24, 2.45) is 16.3 Å². The predicted molar refractivity (Wildman–Crippen MR) is 68.1 cm³/mol. The Morgan fingerprint density at radius 2 is 1.88 bits per heavy atom. The van der Waals surface area contributed by atoms with Gasteiger partial charge in [-0.1, -0.05) is 19.0 Å². The molecule has 0 amide bonds. The van der Waals surface area contributed by atoms with Gasteiger partial charge in [-0.2, -0.15) is 0 Å². The lowest BCUT2D eigenvalue weighted by molar-refractivity contribution is -0.0247. The average Bonchev–Trinajstić information content (AvgIpc) is 2.30. The van der Waals surface area contributed by atoms with Gasteiger partial charge < -0.3 is 21.4 Å². The van der Waals surface area contributed by atoms with Crippen LogP contribution in [0.5, 0.6) is 0 Å². The van der Waals surface area contributed by atoms with E-state index in [-0.39, 0.29) is 11.9 Å². The fourth-order valence-corrected chi connectivity index (χ4v) is 2.10. The molecule has 5 nitrogen and oxygen atoms in total. The Morgan fingerprint density at radius 1 is 1.35 bits per heavy atom. The van der Waals surface area contributed by atoms with Gasteiger partial charge in [0.05, 0.1) is 11.6 Å². The van der Waals surface area contributed by atoms with Gasteiger partial charge in [0.25, 0.3) is 0 Å². The minimum absolute atomic E-state index is 0.143. The van der Waals surface area contributed by atoms with Gasteiger partial charge in [0.2, 0.25) is 0 Å². The van der Waals surface area contributed by atoms with Crippen LogP contribution in [0.4, 0.5) is 0 Å². The van der Waals surface area contributed by atoms with Crippen LogP contribution in [0.2, 0.25) is 0 Å². The van der Waals surface area contributed by atoms with Crippen LogP contribution >= 0.6 is 0 Å². The molecule has 0 spiro atoms. The van der Waals surface area contributed by atoms with Crippen molar-refractivity contribution in [1.82, 2.24) is 5.32 Å². The molecule has 1 atom stereocenters. The fourth-order valence-electron chi connectivity index (χ4n) is 2.10. The van der Waals surface area contributed by atoms with E-state index in [9.17, 15) is 5.11 Å². The highest BCUT2D eigenvalue weighted by atomic mass is 16.4. The Morgan fingerprint density at radius 3 is 2.35 bits per heavy atom. The number of oxime groups is 1. The van der Waals surface area contributed by atoms with Crippen molar-refractivity contribution >= 4 is 5.84 Å². The molecule has 0 aromatic rings. The summed E-state index contributed by atoms with van der Waals surface area (Å²) in [7, 11) is 0. The van der Waals surface area contributed by atoms with Crippen molar-refractivity contribution in [2.75, 3.05) is 6.54 Å². The largest absolute Gasteiger partial charge is 0.409 e. The quantitative estimate of drug-likeness (QED) is 0.257. The van der Waals surface area contributed by atoms with Crippen LogP contribution in [0.3, 0.4) is 0 Å². The summed E-state index contributed by atoms with van der Waals surface area (Å²) in [6, 6.07) is -0.223. The molecule has 0 radical (unpaired) electrons. The lowest BCUT2D eigenvalue weighted by Gasteiger charge is -2.40. The second-order valence-corrected chi connectivity index (χ2v) is 6.02. The van der Waals surface area contributed by atoms with Gasteiger partial charge in [0.1, 0.15) is 0 Å². The Labute approximate surface area is 103 Å². The third-order valence-electron chi connectivity index (χ3n) is 3.83. The monoisotopic (exact) mass is 243 g/mol. The molecule has 1 aliphatic rings. The highest BCUT2D eigenvalue weighted by molar-refractivity contribution is 5.84. The molecule has 0 saturated heterocycles. The number of hydrogen-bond donors (Lipinski definition) is 4. The zero-order chi connectivity index (χ0) is 13.1. The maximum atomic E-state index is 10.4. The number of nitrogens with one attached hydrogen (secondary N) is 1. The molecule has 0 bridgehead atoms. The number of rotatable bonds is 4. The number of amidine groups is 1. The normalized spacial score (nSPS) is 25.5. The van der Waals surface area contributed by atoms with Crippen LogP contribution < -0.4 is 11.1 Å². The van der Waals surface area contributed by atoms with E-state index >= 15 is 0 Å². The first kappa shape index (κ1) is 14.3. The summed E-state index contributed by atoms with van der Waals surface area (Å²) in [4.78, 5) is 0. The van der Waals surface area contributed by atoms with Crippen molar-refractivity contribution in [3.63, 3.8) is 0 Å². The lowest BCUT2D eigenvalue weighted by Crippen LogP contribution is -2.50. The zero-order valence-electron chi connectivity index (χ0n) is 11.0. The third kappa shape index (κ3) is 4.16. The summed E-state index contributed by atoms with van der Waals surface area (Å²) in [5, 5.41) is 25.0. The number of nitrogens with two attached hydrogens (primary N) is 1. The molecule has 17 heavy (non-hydrogen) atoms. The summed E-state index contributed by atoms with van der Waals surface area (Å²) in [5.74, 6) is 0.143. The molecule has 1 unspecified atom stereocenters. The molecule has 1 rings (SSSR count). The first-order valence-corrected chi connectivity index (χ1v) is 6.21. The highest BCUT2D eigenvalue weighted by Crippen LogP contribution is 2.39. The van der Waals surface area contributed by atoms with E-state index in [0.717, 1.165) is 25.7 Å². The van der Waals surface area contributed by atoms with Crippen LogP contribution in [-0.4, -0.2) is 34.3 Å². The first-order chi connectivity index (χ1) is 7.78. The van der Waals surface area contributed by atoms with Crippen molar-refractivity contribution in [3.05, 3.63) is 0 Å². The smallest absolute Gasteiger partial charge is 0.156 e. The van der Waals surface area contributed by atoms with Gasteiger partial charge in [-0.25, -0.2) is 0 Å². The summed E-state index contributed by atoms with van der Waals surface area (Å²) in [6.07, 6.45) is 3.66. The number of hydrogen-bond acceptors (Lipinski definition) is 4. The molecule has 100 valence electrons. The van der Waals surface area contributed by atoms with Crippen LogP contribution in [0, 0.1) is 5.41 Å². The predicted octanol–water partition coefficient (Wildman–Crippen LogP) is 1.04. The van der Waals surface area contributed by atoms with Gasteiger partial charge in [-0.05, 0) is 38.0 Å². The van der Waals surface area contributed by atoms with Crippen molar-refractivity contribution < 1.29 is 10.3 Å². The molecule has 1 fully saturated rings. The van der Waals surface area contributed by atoms with Crippen LogP contribution in [-0.2, 0) is 0 Å². The van der Waals surface area contributed by atoms with E-state index in [1.54, 1.807) is 0 Å². The standard InChI is InChI=1S/C12H25N3O2/c1-9(10(13)15-17)14-8-12(16)6-4-11(2,3)5-7-12/h9,14,16-17H,4-8H2,1-3H3,(H2,13,15). The van der Waals surface area contributed by atoms with Gasteiger partial charge in [0.15, 0.2) is 5.84 Å².